The van der Waals surface area contributed by atoms with Crippen molar-refractivity contribution in [2.45, 2.75) is 51.7 Å². The third-order valence-electron chi connectivity index (χ3n) is 4.81. The summed E-state index contributed by atoms with van der Waals surface area (Å²) in [4.78, 5) is 18.6. The predicted molar refractivity (Wildman–Crippen MR) is 126 cm³/mol. The standard InChI is InChI=1S/C20H35N5O3.HI/c1-4-10-22-18(26)14-25-11-8-16(9-12-25)24-19(21-5-2)23-15-20(3,27)17-7-6-13-28-17;/h6-7,13,16,27H,4-5,8-12,14-15H2,1-3H3,(H,22,26)(H2,21,23,24);1H. The minimum Gasteiger partial charge on any atom is -0.466 e. The fraction of sp³-hybridized carbons (Fsp3) is 0.700. The zero-order valence-electron chi connectivity index (χ0n) is 17.7. The molecule has 29 heavy (non-hydrogen) atoms. The van der Waals surface area contributed by atoms with Crippen molar-refractivity contribution < 1.29 is 14.3 Å². The minimum absolute atomic E-state index is 0. The van der Waals surface area contributed by atoms with Crippen LogP contribution in [0.25, 0.3) is 0 Å². The number of hydrogen-bond donors (Lipinski definition) is 4. The highest BCUT2D eigenvalue weighted by Crippen LogP contribution is 2.21. The molecule has 1 unspecified atom stereocenters. The first-order valence-corrected chi connectivity index (χ1v) is 10.2. The first-order valence-electron chi connectivity index (χ1n) is 10.2. The number of furan rings is 1. The number of hydrogen-bond acceptors (Lipinski definition) is 5. The summed E-state index contributed by atoms with van der Waals surface area (Å²) in [5.41, 5.74) is -1.15. The number of amides is 1. The van der Waals surface area contributed by atoms with Crippen LogP contribution in [0.15, 0.2) is 27.8 Å². The van der Waals surface area contributed by atoms with Crippen LogP contribution < -0.4 is 16.0 Å². The van der Waals surface area contributed by atoms with Crippen LogP contribution in [0.1, 0.15) is 45.8 Å². The van der Waals surface area contributed by atoms with Gasteiger partial charge in [-0.3, -0.25) is 9.69 Å². The molecule has 2 heterocycles. The lowest BCUT2D eigenvalue weighted by molar-refractivity contribution is -0.122. The van der Waals surface area contributed by atoms with Crippen molar-refractivity contribution >= 4 is 35.8 Å². The largest absolute Gasteiger partial charge is 0.466 e. The van der Waals surface area contributed by atoms with Gasteiger partial charge in [0.25, 0.3) is 0 Å². The minimum atomic E-state index is -1.15. The molecule has 1 amide bonds. The monoisotopic (exact) mass is 521 g/mol. The van der Waals surface area contributed by atoms with Gasteiger partial charge in [0.1, 0.15) is 11.4 Å². The van der Waals surface area contributed by atoms with Gasteiger partial charge in [-0.05, 0) is 45.2 Å². The van der Waals surface area contributed by atoms with Crippen LogP contribution in [0.4, 0.5) is 0 Å². The second-order valence-electron chi connectivity index (χ2n) is 7.49. The van der Waals surface area contributed by atoms with E-state index in [0.717, 1.165) is 45.4 Å². The predicted octanol–water partition coefficient (Wildman–Crippen LogP) is 1.65. The van der Waals surface area contributed by atoms with E-state index >= 15 is 0 Å². The Morgan fingerprint density at radius 2 is 2.07 bits per heavy atom. The fourth-order valence-electron chi connectivity index (χ4n) is 3.17. The van der Waals surface area contributed by atoms with E-state index in [9.17, 15) is 9.90 Å². The van der Waals surface area contributed by atoms with E-state index in [4.69, 9.17) is 4.42 Å². The maximum absolute atomic E-state index is 11.9. The number of likely N-dealkylation sites (tertiary alicyclic amines) is 1. The maximum atomic E-state index is 11.9. The highest BCUT2D eigenvalue weighted by molar-refractivity contribution is 14.0. The van der Waals surface area contributed by atoms with Gasteiger partial charge >= 0.3 is 0 Å². The van der Waals surface area contributed by atoms with Crippen molar-refractivity contribution in [2.75, 3.05) is 39.3 Å². The molecule has 0 saturated carbocycles. The summed E-state index contributed by atoms with van der Waals surface area (Å²) >= 11 is 0. The molecule has 1 atom stereocenters. The number of aliphatic hydroxyl groups is 1. The van der Waals surface area contributed by atoms with Crippen molar-refractivity contribution in [3.8, 4) is 0 Å². The topological polar surface area (TPSA) is 102 Å². The lowest BCUT2D eigenvalue weighted by Crippen LogP contribution is -2.50. The second-order valence-corrected chi connectivity index (χ2v) is 7.49. The maximum Gasteiger partial charge on any atom is 0.234 e. The van der Waals surface area contributed by atoms with Gasteiger partial charge in [-0.2, -0.15) is 0 Å². The number of aliphatic imine (C=N–C) groups is 1. The number of nitrogens with one attached hydrogen (secondary N) is 3. The van der Waals surface area contributed by atoms with Crippen molar-refractivity contribution in [1.82, 2.24) is 20.9 Å². The number of carbonyl (C=O) groups excluding carboxylic acids is 1. The van der Waals surface area contributed by atoms with Crippen LogP contribution in [-0.4, -0.2) is 67.2 Å². The van der Waals surface area contributed by atoms with Crippen molar-refractivity contribution in [3.05, 3.63) is 24.2 Å². The summed E-state index contributed by atoms with van der Waals surface area (Å²) in [7, 11) is 0. The molecule has 1 saturated heterocycles. The number of rotatable bonds is 9. The zero-order valence-corrected chi connectivity index (χ0v) is 20.1. The third kappa shape index (κ3) is 8.91. The Labute approximate surface area is 190 Å². The van der Waals surface area contributed by atoms with Crippen LogP contribution in [0, 0.1) is 0 Å². The van der Waals surface area contributed by atoms with E-state index in [2.05, 4.69) is 32.8 Å². The molecule has 1 aliphatic heterocycles. The summed E-state index contributed by atoms with van der Waals surface area (Å²) in [6.45, 7) is 9.65. The fourth-order valence-corrected chi connectivity index (χ4v) is 3.17. The van der Waals surface area contributed by atoms with Gasteiger partial charge in [-0.25, -0.2) is 4.99 Å². The van der Waals surface area contributed by atoms with Crippen LogP contribution >= 0.6 is 24.0 Å². The average molecular weight is 521 g/mol. The lowest BCUT2D eigenvalue weighted by atomic mass is 10.0. The van der Waals surface area contributed by atoms with Crippen molar-refractivity contribution in [2.24, 2.45) is 4.99 Å². The molecule has 0 spiro atoms. The van der Waals surface area contributed by atoms with Gasteiger partial charge in [-0.1, -0.05) is 6.92 Å². The summed E-state index contributed by atoms with van der Waals surface area (Å²) in [5.74, 6) is 1.29. The molecule has 1 aliphatic rings. The third-order valence-corrected chi connectivity index (χ3v) is 4.81. The summed E-state index contributed by atoms with van der Waals surface area (Å²) in [6, 6.07) is 3.80. The molecule has 166 valence electrons. The highest BCUT2D eigenvalue weighted by atomic mass is 127. The van der Waals surface area contributed by atoms with E-state index in [0.29, 0.717) is 24.3 Å². The van der Waals surface area contributed by atoms with E-state index in [-0.39, 0.29) is 36.4 Å². The van der Waals surface area contributed by atoms with Gasteiger partial charge in [0.05, 0.1) is 19.4 Å². The molecular weight excluding hydrogens is 485 g/mol. The summed E-state index contributed by atoms with van der Waals surface area (Å²) in [6.07, 6.45) is 4.39. The summed E-state index contributed by atoms with van der Waals surface area (Å²) in [5, 5.41) is 20.2. The molecule has 0 radical (unpaired) electrons. The Hall–Kier alpha value is -1.33. The van der Waals surface area contributed by atoms with Gasteiger partial charge in [0, 0.05) is 32.2 Å². The van der Waals surface area contributed by atoms with E-state index < -0.39 is 5.60 Å². The molecule has 0 bridgehead atoms. The second kappa shape index (κ2) is 13.1. The summed E-state index contributed by atoms with van der Waals surface area (Å²) < 4.78 is 5.31. The number of halogens is 1. The SMILES string of the molecule is CCCNC(=O)CN1CCC(NC(=NCC(C)(O)c2ccco2)NCC)CC1.I. The first kappa shape index (κ1) is 25.7. The quantitative estimate of drug-likeness (QED) is 0.224. The Bertz CT molecular complexity index is 614. The number of guanidine groups is 1. The normalized spacial score (nSPS) is 17.9. The molecule has 1 aromatic rings. The van der Waals surface area contributed by atoms with Crippen molar-refractivity contribution in [1.29, 1.82) is 0 Å². The zero-order chi connectivity index (χ0) is 20.4. The molecule has 4 N–H and O–H groups in total. The first-order chi connectivity index (χ1) is 13.4. The Kier molecular flexibility index (Phi) is 11.6. The van der Waals surface area contributed by atoms with Gasteiger partial charge < -0.3 is 25.5 Å². The molecular formula is C20H36IN5O3. The molecule has 0 aliphatic carbocycles. The molecule has 1 aromatic heterocycles. The molecule has 0 aromatic carbocycles. The van der Waals surface area contributed by atoms with Crippen LogP contribution in [0.3, 0.4) is 0 Å². The van der Waals surface area contributed by atoms with Crippen LogP contribution in [0.2, 0.25) is 0 Å². The Balaban J connectivity index is 0.00000420. The van der Waals surface area contributed by atoms with Gasteiger partial charge in [0.2, 0.25) is 5.91 Å². The highest BCUT2D eigenvalue weighted by Gasteiger charge is 2.27. The number of nitrogens with zero attached hydrogens (tertiary/aromatic N) is 2. The Morgan fingerprint density at radius 1 is 1.34 bits per heavy atom. The smallest absolute Gasteiger partial charge is 0.234 e. The molecule has 9 heteroatoms. The van der Waals surface area contributed by atoms with Crippen molar-refractivity contribution in [3.63, 3.8) is 0 Å². The lowest BCUT2D eigenvalue weighted by Gasteiger charge is -2.32. The van der Waals surface area contributed by atoms with Crippen LogP contribution in [-0.2, 0) is 10.4 Å². The molecule has 2 rings (SSSR count). The van der Waals surface area contributed by atoms with E-state index in [1.54, 1.807) is 25.3 Å². The number of carbonyl (C=O) groups is 1. The van der Waals surface area contributed by atoms with Gasteiger partial charge in [0.15, 0.2) is 5.96 Å². The average Bonchev–Trinajstić information content (AvgIpc) is 3.22. The van der Waals surface area contributed by atoms with Crippen LogP contribution in [0.5, 0.6) is 0 Å². The van der Waals surface area contributed by atoms with Gasteiger partial charge in [-0.15, -0.1) is 24.0 Å². The number of piperidine rings is 1. The molecule has 1 fully saturated rings. The van der Waals surface area contributed by atoms with E-state index in [1.165, 1.54) is 0 Å². The van der Waals surface area contributed by atoms with E-state index in [1.807, 2.05) is 6.92 Å². The molecule has 8 nitrogen and oxygen atoms in total. The Morgan fingerprint density at radius 3 is 2.66 bits per heavy atom.